The minimum Gasteiger partial charge on any atom is -0.309 e. The van der Waals surface area contributed by atoms with E-state index in [0.717, 1.165) is 62.4 Å². The Bertz CT molecular complexity index is 741. The molecular weight excluding hydrogens is 413 g/mol. The van der Waals surface area contributed by atoms with Crippen LogP contribution in [-0.2, 0) is 16.2 Å². The summed E-state index contributed by atoms with van der Waals surface area (Å²) in [6, 6.07) is 3.73. The molecule has 1 aromatic carbocycles. The molecule has 0 aromatic heterocycles. The minimum atomic E-state index is -4.47. The van der Waals surface area contributed by atoms with Crippen LogP contribution in [0.5, 0.6) is 0 Å². The Morgan fingerprint density at radius 2 is 1.47 bits per heavy atom. The highest BCUT2D eigenvalue weighted by molar-refractivity contribution is 7.89. The van der Waals surface area contributed by atoms with Crippen LogP contribution in [0.25, 0.3) is 0 Å². The first-order valence-electron chi connectivity index (χ1n) is 10.8. The van der Waals surface area contributed by atoms with Gasteiger partial charge in [0, 0.05) is 13.6 Å². The van der Waals surface area contributed by atoms with Gasteiger partial charge in [-0.3, -0.25) is 0 Å². The van der Waals surface area contributed by atoms with Crippen molar-refractivity contribution >= 4 is 10.0 Å². The molecule has 0 atom stereocenters. The van der Waals surface area contributed by atoms with E-state index in [0.29, 0.717) is 12.5 Å². The maximum absolute atomic E-state index is 12.7. The molecule has 0 N–H and O–H groups in total. The summed E-state index contributed by atoms with van der Waals surface area (Å²) in [5.41, 5.74) is -0.843. The molecule has 0 aliphatic heterocycles. The Morgan fingerprint density at radius 3 is 2.00 bits per heavy atom. The maximum atomic E-state index is 12.7. The number of halogens is 3. The summed E-state index contributed by atoms with van der Waals surface area (Å²) >= 11 is 0. The molecule has 0 amide bonds. The van der Waals surface area contributed by atoms with E-state index in [2.05, 4.69) is 19.0 Å². The summed E-state index contributed by atoms with van der Waals surface area (Å²) in [7, 11) is 1.92. The highest BCUT2D eigenvalue weighted by Gasteiger charge is 2.32. The van der Waals surface area contributed by atoms with Crippen molar-refractivity contribution in [3.8, 4) is 0 Å². The van der Waals surface area contributed by atoms with Gasteiger partial charge in [0.25, 0.3) is 0 Å². The number of alkyl halides is 3. The first-order valence-corrected chi connectivity index (χ1v) is 12.2. The molecule has 172 valence electrons. The molecule has 1 aliphatic carbocycles. The number of unbranched alkanes of at least 4 members (excludes halogenated alkanes) is 2. The molecule has 2 rings (SSSR count). The van der Waals surface area contributed by atoms with Crippen molar-refractivity contribution in [2.75, 3.05) is 34.2 Å². The van der Waals surface area contributed by atoms with Gasteiger partial charge < -0.3 is 4.90 Å². The highest BCUT2D eigenvalue weighted by atomic mass is 32.2. The van der Waals surface area contributed by atoms with E-state index in [1.807, 2.05) is 0 Å². The van der Waals surface area contributed by atoms with Gasteiger partial charge in [0.15, 0.2) is 0 Å². The van der Waals surface area contributed by atoms with Gasteiger partial charge in [-0.1, -0.05) is 32.1 Å². The normalized spacial score (nSPS) is 20.8. The average molecular weight is 449 g/mol. The van der Waals surface area contributed by atoms with Crippen molar-refractivity contribution in [1.82, 2.24) is 9.21 Å². The van der Waals surface area contributed by atoms with Crippen molar-refractivity contribution < 1.29 is 21.6 Å². The van der Waals surface area contributed by atoms with Gasteiger partial charge in [-0.25, -0.2) is 12.7 Å². The third-order valence-electron chi connectivity index (χ3n) is 6.09. The van der Waals surface area contributed by atoms with Gasteiger partial charge in [-0.2, -0.15) is 13.2 Å². The lowest BCUT2D eigenvalue weighted by atomic mass is 9.80. The Hall–Kier alpha value is -1.12. The minimum absolute atomic E-state index is 0.0931. The average Bonchev–Trinajstić information content (AvgIpc) is 2.68. The van der Waals surface area contributed by atoms with E-state index in [9.17, 15) is 21.6 Å². The van der Waals surface area contributed by atoms with Crippen LogP contribution in [0.4, 0.5) is 13.2 Å². The molecule has 0 spiro atoms. The van der Waals surface area contributed by atoms with Crippen LogP contribution < -0.4 is 0 Å². The van der Waals surface area contributed by atoms with Crippen LogP contribution in [0.1, 0.15) is 56.9 Å². The predicted molar refractivity (Wildman–Crippen MR) is 114 cm³/mol. The Balaban J connectivity index is 1.79. The Morgan fingerprint density at radius 1 is 0.900 bits per heavy atom. The molecule has 8 heteroatoms. The van der Waals surface area contributed by atoms with Crippen LogP contribution in [0.2, 0.25) is 0 Å². The molecule has 1 fully saturated rings. The fraction of sp³-hybridized carbons (Fsp3) is 0.727. The predicted octanol–water partition coefficient (Wildman–Crippen LogP) is 5.25. The molecule has 0 heterocycles. The number of hydrogen-bond acceptors (Lipinski definition) is 3. The van der Waals surface area contributed by atoms with Crippen molar-refractivity contribution in [3.63, 3.8) is 0 Å². The second-order valence-corrected chi connectivity index (χ2v) is 10.9. The van der Waals surface area contributed by atoms with E-state index in [1.54, 1.807) is 0 Å². The number of benzene rings is 1. The van der Waals surface area contributed by atoms with Crippen molar-refractivity contribution in [3.05, 3.63) is 29.8 Å². The summed E-state index contributed by atoms with van der Waals surface area (Å²) in [5.74, 6) is 1.04. The SMILES string of the molecule is CN(C)CCCCCC1CCC(CN(C)S(=O)(=O)c2ccc(C(F)(F)F)cc2)CC1. The van der Waals surface area contributed by atoms with Crippen molar-refractivity contribution in [2.45, 2.75) is 62.4 Å². The quantitative estimate of drug-likeness (QED) is 0.459. The second kappa shape index (κ2) is 11.0. The first-order chi connectivity index (χ1) is 14.0. The number of hydrogen-bond donors (Lipinski definition) is 0. The molecule has 0 saturated heterocycles. The molecule has 30 heavy (non-hydrogen) atoms. The zero-order chi connectivity index (χ0) is 22.4. The lowest BCUT2D eigenvalue weighted by molar-refractivity contribution is -0.137. The van der Waals surface area contributed by atoms with Crippen LogP contribution in [0, 0.1) is 11.8 Å². The summed E-state index contributed by atoms with van der Waals surface area (Å²) in [6.45, 7) is 1.55. The standard InChI is InChI=1S/C22H35F3N2O2S/c1-26(2)16-6-4-5-7-18-8-10-19(11-9-18)17-27(3)30(28,29)21-14-12-20(13-15-21)22(23,24)25/h12-15,18-19H,4-11,16-17H2,1-3H3. The van der Waals surface area contributed by atoms with Gasteiger partial charge in [0.2, 0.25) is 10.0 Å². The van der Waals surface area contributed by atoms with Crippen LogP contribution in [-0.4, -0.2) is 51.9 Å². The zero-order valence-electron chi connectivity index (χ0n) is 18.3. The molecule has 1 aromatic rings. The highest BCUT2D eigenvalue weighted by Crippen LogP contribution is 2.34. The second-order valence-electron chi connectivity index (χ2n) is 8.85. The number of nitrogens with zero attached hydrogens (tertiary/aromatic N) is 2. The van der Waals surface area contributed by atoms with Crippen LogP contribution in [0.3, 0.4) is 0 Å². The largest absolute Gasteiger partial charge is 0.416 e. The van der Waals surface area contributed by atoms with E-state index in [-0.39, 0.29) is 4.90 Å². The molecule has 1 saturated carbocycles. The van der Waals surface area contributed by atoms with E-state index >= 15 is 0 Å². The Kier molecular flexibility index (Phi) is 9.18. The van der Waals surface area contributed by atoms with Gasteiger partial charge in [-0.15, -0.1) is 0 Å². The monoisotopic (exact) mass is 448 g/mol. The van der Waals surface area contributed by atoms with Gasteiger partial charge >= 0.3 is 6.18 Å². The summed E-state index contributed by atoms with van der Waals surface area (Å²) in [4.78, 5) is 2.12. The van der Waals surface area contributed by atoms with E-state index in [4.69, 9.17) is 0 Å². The third-order valence-corrected chi connectivity index (χ3v) is 7.93. The van der Waals surface area contributed by atoms with E-state index < -0.39 is 21.8 Å². The number of sulfonamides is 1. The van der Waals surface area contributed by atoms with Crippen LogP contribution in [0.15, 0.2) is 29.2 Å². The fourth-order valence-electron chi connectivity index (χ4n) is 4.20. The van der Waals surface area contributed by atoms with Gasteiger partial charge in [0.1, 0.15) is 0 Å². The van der Waals surface area contributed by atoms with Gasteiger partial charge in [0.05, 0.1) is 10.5 Å². The maximum Gasteiger partial charge on any atom is 0.416 e. The number of rotatable bonds is 10. The van der Waals surface area contributed by atoms with Crippen molar-refractivity contribution in [2.24, 2.45) is 11.8 Å². The topological polar surface area (TPSA) is 40.6 Å². The van der Waals surface area contributed by atoms with E-state index in [1.165, 1.54) is 37.0 Å². The molecule has 0 bridgehead atoms. The molecule has 4 nitrogen and oxygen atoms in total. The van der Waals surface area contributed by atoms with Gasteiger partial charge in [-0.05, 0) is 76.0 Å². The molecule has 0 radical (unpaired) electrons. The Labute approximate surface area is 179 Å². The summed E-state index contributed by atoms with van der Waals surface area (Å²) in [6.07, 6.45) is 4.80. The molecule has 0 unspecified atom stereocenters. The van der Waals surface area contributed by atoms with Crippen LogP contribution >= 0.6 is 0 Å². The smallest absolute Gasteiger partial charge is 0.309 e. The first kappa shape index (κ1) is 25.1. The summed E-state index contributed by atoms with van der Waals surface area (Å²) < 4.78 is 64.8. The fourth-order valence-corrected chi connectivity index (χ4v) is 5.45. The lowest BCUT2D eigenvalue weighted by Gasteiger charge is -2.31. The molecular formula is C22H35F3N2O2S. The summed E-state index contributed by atoms with van der Waals surface area (Å²) in [5, 5.41) is 0. The zero-order valence-corrected chi connectivity index (χ0v) is 19.1. The third kappa shape index (κ3) is 7.54. The van der Waals surface area contributed by atoms with Crippen molar-refractivity contribution in [1.29, 1.82) is 0 Å². The lowest BCUT2D eigenvalue weighted by Crippen LogP contribution is -2.33. The molecule has 1 aliphatic rings.